The Balaban J connectivity index is 2.26. The Morgan fingerprint density at radius 1 is 1.18 bits per heavy atom. The van der Waals surface area contributed by atoms with Crippen LogP contribution in [0.5, 0.6) is 0 Å². The van der Waals surface area contributed by atoms with Crippen LogP contribution >= 0.6 is 15.9 Å². The number of hydrogen-bond acceptors (Lipinski definition) is 2. The largest absolute Gasteiger partial charge is 0.325 e. The minimum absolute atomic E-state index is 0.0380. The number of fused-ring (bicyclic) bond motifs is 1. The molecule has 0 aromatic heterocycles. The van der Waals surface area contributed by atoms with E-state index in [1.54, 1.807) is 7.05 Å². The van der Waals surface area contributed by atoms with Crippen molar-refractivity contribution in [2.45, 2.75) is 0 Å². The molecule has 0 aliphatic carbocycles. The second-order valence-corrected chi connectivity index (χ2v) is 4.70. The van der Waals surface area contributed by atoms with Crippen LogP contribution in [-0.4, -0.2) is 19.5 Å². The topological polar surface area (TPSA) is 41.1 Å². The number of amides is 1. The van der Waals surface area contributed by atoms with Crippen LogP contribution in [-0.2, 0) is 4.79 Å². The maximum absolute atomic E-state index is 11.4. The quantitative estimate of drug-likeness (QED) is 0.913. The van der Waals surface area contributed by atoms with E-state index in [9.17, 15) is 4.79 Å². The highest BCUT2D eigenvalue weighted by Crippen LogP contribution is 2.22. The molecule has 0 aliphatic rings. The molecule has 17 heavy (non-hydrogen) atoms. The molecule has 0 aliphatic heterocycles. The van der Waals surface area contributed by atoms with Crippen molar-refractivity contribution in [2.24, 2.45) is 0 Å². The maximum atomic E-state index is 11.4. The summed E-state index contributed by atoms with van der Waals surface area (Å²) in [5, 5.41) is 7.90. The Morgan fingerprint density at radius 2 is 1.88 bits per heavy atom. The average Bonchev–Trinajstić information content (AvgIpc) is 2.29. The Morgan fingerprint density at radius 3 is 2.65 bits per heavy atom. The fourth-order valence-electron chi connectivity index (χ4n) is 1.66. The Labute approximate surface area is 108 Å². The summed E-state index contributed by atoms with van der Waals surface area (Å²) < 4.78 is 1.05. The van der Waals surface area contributed by atoms with E-state index >= 15 is 0 Å². The molecule has 0 atom stereocenters. The zero-order chi connectivity index (χ0) is 12.3. The molecule has 3 nitrogen and oxygen atoms in total. The van der Waals surface area contributed by atoms with Crippen molar-refractivity contribution in [1.29, 1.82) is 0 Å². The monoisotopic (exact) mass is 292 g/mol. The van der Waals surface area contributed by atoms with Crippen LogP contribution in [0.2, 0.25) is 0 Å². The van der Waals surface area contributed by atoms with Crippen LogP contribution < -0.4 is 10.6 Å². The molecule has 0 spiro atoms. The Bertz CT molecular complexity index is 554. The summed E-state index contributed by atoms with van der Waals surface area (Å²) in [6.07, 6.45) is 0. The molecular weight excluding hydrogens is 280 g/mol. The molecule has 4 heteroatoms. The highest BCUT2D eigenvalue weighted by molar-refractivity contribution is 9.10. The van der Waals surface area contributed by atoms with E-state index in [2.05, 4.69) is 32.6 Å². The van der Waals surface area contributed by atoms with Gasteiger partial charge in [-0.15, -0.1) is 0 Å². The number of hydrogen-bond donors (Lipinski definition) is 2. The summed E-state index contributed by atoms with van der Waals surface area (Å²) >= 11 is 3.43. The fourth-order valence-corrected chi connectivity index (χ4v) is 2.04. The van der Waals surface area contributed by atoms with Crippen molar-refractivity contribution in [1.82, 2.24) is 5.32 Å². The van der Waals surface area contributed by atoms with Crippen molar-refractivity contribution in [3.63, 3.8) is 0 Å². The van der Waals surface area contributed by atoms with Crippen molar-refractivity contribution in [2.75, 3.05) is 18.9 Å². The summed E-state index contributed by atoms with van der Waals surface area (Å²) in [6, 6.07) is 11.9. The highest BCUT2D eigenvalue weighted by Gasteiger charge is 2.01. The van der Waals surface area contributed by atoms with E-state index in [1.165, 1.54) is 0 Å². The van der Waals surface area contributed by atoms with Gasteiger partial charge in [0, 0.05) is 10.2 Å². The average molecular weight is 293 g/mol. The molecule has 2 aromatic rings. The predicted octanol–water partition coefficient (Wildman–Crippen LogP) is 2.76. The van der Waals surface area contributed by atoms with E-state index in [0.29, 0.717) is 6.54 Å². The lowest BCUT2D eigenvalue weighted by Gasteiger charge is -2.06. The van der Waals surface area contributed by atoms with Gasteiger partial charge >= 0.3 is 0 Å². The maximum Gasteiger partial charge on any atom is 0.238 e. The first-order valence-corrected chi connectivity index (χ1v) is 6.12. The zero-order valence-corrected chi connectivity index (χ0v) is 11.0. The molecule has 0 radical (unpaired) electrons. The van der Waals surface area contributed by atoms with E-state index in [0.717, 1.165) is 20.9 Å². The highest BCUT2D eigenvalue weighted by atomic mass is 79.9. The van der Waals surface area contributed by atoms with Crippen molar-refractivity contribution >= 4 is 38.3 Å². The molecule has 2 rings (SSSR count). The zero-order valence-electron chi connectivity index (χ0n) is 9.46. The van der Waals surface area contributed by atoms with Gasteiger partial charge in [-0.1, -0.05) is 28.1 Å². The molecule has 2 N–H and O–H groups in total. The van der Waals surface area contributed by atoms with E-state index in [4.69, 9.17) is 0 Å². The molecule has 0 bridgehead atoms. The molecule has 0 fully saturated rings. The number of anilines is 1. The van der Waals surface area contributed by atoms with Crippen LogP contribution in [0.1, 0.15) is 0 Å². The Kier molecular flexibility index (Phi) is 3.76. The number of benzene rings is 2. The second kappa shape index (κ2) is 5.29. The van der Waals surface area contributed by atoms with E-state index in [1.807, 2.05) is 30.3 Å². The molecule has 2 aromatic carbocycles. The van der Waals surface area contributed by atoms with Crippen LogP contribution in [0.4, 0.5) is 5.69 Å². The van der Waals surface area contributed by atoms with Crippen LogP contribution in [0.15, 0.2) is 40.9 Å². The van der Waals surface area contributed by atoms with Gasteiger partial charge in [0.25, 0.3) is 0 Å². The first-order chi connectivity index (χ1) is 8.19. The third-order valence-electron chi connectivity index (χ3n) is 2.42. The molecular formula is C13H13BrN2O. The van der Waals surface area contributed by atoms with Gasteiger partial charge in [0.05, 0.1) is 6.54 Å². The van der Waals surface area contributed by atoms with Gasteiger partial charge in [-0.05, 0) is 42.1 Å². The smallest absolute Gasteiger partial charge is 0.238 e. The normalized spacial score (nSPS) is 10.5. The predicted molar refractivity (Wildman–Crippen MR) is 74.2 cm³/mol. The van der Waals surface area contributed by atoms with Crippen molar-refractivity contribution in [3.8, 4) is 0 Å². The molecule has 0 heterocycles. The molecule has 0 saturated carbocycles. The van der Waals surface area contributed by atoms with Crippen molar-refractivity contribution < 1.29 is 4.79 Å². The first kappa shape index (κ1) is 12.1. The van der Waals surface area contributed by atoms with Gasteiger partial charge in [0.1, 0.15) is 0 Å². The van der Waals surface area contributed by atoms with Gasteiger partial charge in [0.2, 0.25) is 5.91 Å². The lowest BCUT2D eigenvalue weighted by Crippen LogP contribution is -2.24. The minimum atomic E-state index is -0.0380. The van der Waals surface area contributed by atoms with Crippen LogP contribution in [0.3, 0.4) is 0 Å². The van der Waals surface area contributed by atoms with Gasteiger partial charge in [-0.2, -0.15) is 0 Å². The lowest BCUT2D eigenvalue weighted by molar-refractivity contribution is -0.115. The summed E-state index contributed by atoms with van der Waals surface area (Å²) in [4.78, 5) is 11.4. The summed E-state index contributed by atoms with van der Waals surface area (Å²) in [5.41, 5.74) is 0.820. The number of nitrogens with one attached hydrogen (secondary N) is 2. The van der Waals surface area contributed by atoms with Crippen LogP contribution in [0, 0.1) is 0 Å². The minimum Gasteiger partial charge on any atom is -0.325 e. The standard InChI is InChI=1S/C13H13BrN2O/c1-15-8-13(17)16-12-5-3-9-6-11(14)4-2-10(9)7-12/h2-7,15H,8H2,1H3,(H,16,17). The summed E-state index contributed by atoms with van der Waals surface area (Å²) in [5.74, 6) is -0.0380. The summed E-state index contributed by atoms with van der Waals surface area (Å²) in [7, 11) is 1.75. The molecule has 0 saturated heterocycles. The number of carbonyl (C=O) groups excluding carboxylic acids is 1. The molecule has 1 amide bonds. The van der Waals surface area contributed by atoms with Crippen molar-refractivity contribution in [3.05, 3.63) is 40.9 Å². The van der Waals surface area contributed by atoms with Crippen LogP contribution in [0.25, 0.3) is 10.8 Å². The van der Waals surface area contributed by atoms with Gasteiger partial charge in [0.15, 0.2) is 0 Å². The van der Waals surface area contributed by atoms with E-state index in [-0.39, 0.29) is 5.91 Å². The lowest BCUT2D eigenvalue weighted by atomic mass is 10.1. The number of likely N-dealkylation sites (N-methyl/N-ethyl adjacent to an activating group) is 1. The Hall–Kier alpha value is -1.39. The molecule has 88 valence electrons. The number of rotatable bonds is 3. The fraction of sp³-hybridized carbons (Fsp3) is 0.154. The summed E-state index contributed by atoms with van der Waals surface area (Å²) in [6.45, 7) is 0.318. The molecule has 0 unspecified atom stereocenters. The van der Waals surface area contributed by atoms with Gasteiger partial charge in [-0.25, -0.2) is 0 Å². The third-order valence-corrected chi connectivity index (χ3v) is 2.92. The SMILES string of the molecule is CNCC(=O)Nc1ccc2cc(Br)ccc2c1. The first-order valence-electron chi connectivity index (χ1n) is 5.33. The number of carbonyl (C=O) groups is 1. The van der Waals surface area contributed by atoms with E-state index < -0.39 is 0 Å². The van der Waals surface area contributed by atoms with Gasteiger partial charge < -0.3 is 10.6 Å². The second-order valence-electron chi connectivity index (χ2n) is 3.78. The third kappa shape index (κ3) is 3.05. The van der Waals surface area contributed by atoms with Gasteiger partial charge in [-0.3, -0.25) is 4.79 Å². The number of halogens is 1.